The number of hydrogen-bond donors (Lipinski definition) is 2. The van der Waals surface area contributed by atoms with Crippen LogP contribution < -0.4 is 10.6 Å². The first-order valence-corrected chi connectivity index (χ1v) is 9.63. The van der Waals surface area contributed by atoms with Gasteiger partial charge in [0.05, 0.1) is 11.9 Å². The maximum Gasteiger partial charge on any atom is 0.270 e. The molecule has 0 saturated carbocycles. The molecule has 29 heavy (non-hydrogen) atoms. The third kappa shape index (κ3) is 5.56. The molecule has 0 bridgehead atoms. The predicted octanol–water partition coefficient (Wildman–Crippen LogP) is 3.64. The molecule has 0 aliphatic heterocycles. The lowest BCUT2D eigenvalue weighted by Gasteiger charge is -2.09. The van der Waals surface area contributed by atoms with Gasteiger partial charge in [0, 0.05) is 34.4 Å². The zero-order chi connectivity index (χ0) is 21.0. The van der Waals surface area contributed by atoms with Crippen LogP contribution in [0.3, 0.4) is 0 Å². The van der Waals surface area contributed by atoms with E-state index in [1.54, 1.807) is 53.5 Å². The number of nitrogens with zero attached hydrogens (tertiary/aromatic N) is 3. The number of carbonyl (C=O) groups excluding carboxylic acids is 2. The van der Waals surface area contributed by atoms with Crippen molar-refractivity contribution < 1.29 is 9.59 Å². The number of halogens is 2. The quantitative estimate of drug-likeness (QED) is 0.623. The molecule has 2 N–H and O–H groups in total. The number of rotatable bonds is 6. The molecule has 2 amide bonds. The van der Waals surface area contributed by atoms with E-state index in [0.29, 0.717) is 15.7 Å². The third-order valence-electron chi connectivity index (χ3n) is 3.84. The first kappa shape index (κ1) is 20.8. The smallest absolute Gasteiger partial charge is 0.270 e. The van der Waals surface area contributed by atoms with Gasteiger partial charge in [-0.2, -0.15) is 5.10 Å². The number of aromatic nitrogens is 3. The van der Waals surface area contributed by atoms with Crippen LogP contribution in [0.2, 0.25) is 10.0 Å². The number of pyridine rings is 1. The molecule has 1 aromatic carbocycles. The van der Waals surface area contributed by atoms with Crippen molar-refractivity contribution in [3.8, 4) is 5.69 Å². The summed E-state index contributed by atoms with van der Waals surface area (Å²) in [5.74, 6) is -0.709. The van der Waals surface area contributed by atoms with Crippen LogP contribution in [0.25, 0.3) is 5.69 Å². The molecular weight excluding hydrogens is 413 g/mol. The highest BCUT2D eigenvalue weighted by Crippen LogP contribution is 2.21. The van der Waals surface area contributed by atoms with Crippen LogP contribution in [0.15, 0.2) is 48.8 Å². The highest BCUT2D eigenvalue weighted by molar-refractivity contribution is 6.34. The number of carbonyl (C=O) groups is 2. The summed E-state index contributed by atoms with van der Waals surface area (Å²) >= 11 is 12.0. The molecule has 0 saturated heterocycles. The molecular formula is C20H19Cl2N5O2. The van der Waals surface area contributed by atoms with Crippen LogP contribution in [0.4, 0.5) is 0 Å². The molecule has 7 nitrogen and oxygen atoms in total. The Morgan fingerprint density at radius 3 is 2.38 bits per heavy atom. The van der Waals surface area contributed by atoms with Gasteiger partial charge >= 0.3 is 0 Å². The van der Waals surface area contributed by atoms with Crippen molar-refractivity contribution in [1.29, 1.82) is 0 Å². The van der Waals surface area contributed by atoms with E-state index < -0.39 is 0 Å². The minimum absolute atomic E-state index is 0.0207. The summed E-state index contributed by atoms with van der Waals surface area (Å²) < 4.78 is 1.62. The monoisotopic (exact) mass is 431 g/mol. The predicted molar refractivity (Wildman–Crippen MR) is 112 cm³/mol. The second-order valence-electron chi connectivity index (χ2n) is 6.64. The first-order valence-electron chi connectivity index (χ1n) is 8.88. The molecule has 2 heterocycles. The summed E-state index contributed by atoms with van der Waals surface area (Å²) in [4.78, 5) is 28.6. The molecule has 3 rings (SSSR count). The Morgan fingerprint density at radius 2 is 1.72 bits per heavy atom. The number of benzene rings is 1. The Morgan fingerprint density at radius 1 is 1.07 bits per heavy atom. The van der Waals surface area contributed by atoms with E-state index in [0.717, 1.165) is 5.56 Å². The Kier molecular flexibility index (Phi) is 6.51. The van der Waals surface area contributed by atoms with Gasteiger partial charge in [0.25, 0.3) is 11.8 Å². The Labute approximate surface area is 178 Å². The molecule has 150 valence electrons. The Balaban J connectivity index is 1.66. The van der Waals surface area contributed by atoms with E-state index in [1.165, 1.54) is 0 Å². The largest absolute Gasteiger partial charge is 0.349 e. The van der Waals surface area contributed by atoms with Crippen molar-refractivity contribution in [2.24, 2.45) is 0 Å². The van der Waals surface area contributed by atoms with Crippen LogP contribution in [0, 0.1) is 0 Å². The van der Waals surface area contributed by atoms with Crippen molar-refractivity contribution in [3.63, 3.8) is 0 Å². The van der Waals surface area contributed by atoms with Crippen molar-refractivity contribution in [2.75, 3.05) is 0 Å². The second kappa shape index (κ2) is 9.07. The zero-order valence-corrected chi connectivity index (χ0v) is 17.3. The van der Waals surface area contributed by atoms with Gasteiger partial charge in [-0.3, -0.25) is 9.59 Å². The molecule has 0 fully saturated rings. The number of amides is 2. The van der Waals surface area contributed by atoms with Gasteiger partial charge in [-0.05, 0) is 44.2 Å². The highest BCUT2D eigenvalue weighted by atomic mass is 35.5. The molecule has 0 spiro atoms. The third-order valence-corrected chi connectivity index (χ3v) is 4.27. The SMILES string of the molecule is CC(C)NC(=O)c1cccc(C(=O)NCc2cnn(-c3cc(Cl)cc(Cl)c3)c2)n1. The van der Waals surface area contributed by atoms with E-state index in [-0.39, 0.29) is 35.8 Å². The minimum Gasteiger partial charge on any atom is -0.349 e. The van der Waals surface area contributed by atoms with Crippen LogP contribution in [-0.2, 0) is 6.54 Å². The molecule has 9 heteroatoms. The van der Waals surface area contributed by atoms with Gasteiger partial charge in [0.1, 0.15) is 11.4 Å². The molecule has 0 aliphatic rings. The number of hydrogen-bond acceptors (Lipinski definition) is 4. The summed E-state index contributed by atoms with van der Waals surface area (Å²) in [6.45, 7) is 3.95. The fourth-order valence-electron chi connectivity index (χ4n) is 2.56. The Bertz CT molecular complexity index is 1030. The van der Waals surface area contributed by atoms with Crippen LogP contribution >= 0.6 is 23.2 Å². The average Bonchev–Trinajstić information content (AvgIpc) is 3.14. The lowest BCUT2D eigenvalue weighted by atomic mass is 10.2. The lowest BCUT2D eigenvalue weighted by molar-refractivity contribution is 0.0936. The maximum absolute atomic E-state index is 12.4. The lowest BCUT2D eigenvalue weighted by Crippen LogP contribution is -2.31. The topological polar surface area (TPSA) is 88.9 Å². The van der Waals surface area contributed by atoms with Gasteiger partial charge in [-0.1, -0.05) is 29.3 Å². The fourth-order valence-corrected chi connectivity index (χ4v) is 3.08. The van der Waals surface area contributed by atoms with Crippen molar-refractivity contribution in [2.45, 2.75) is 26.4 Å². The molecule has 0 aliphatic carbocycles. The van der Waals surface area contributed by atoms with Gasteiger partial charge in [-0.15, -0.1) is 0 Å². The van der Waals surface area contributed by atoms with Crippen LogP contribution in [0.5, 0.6) is 0 Å². The van der Waals surface area contributed by atoms with E-state index in [9.17, 15) is 9.59 Å². The average molecular weight is 432 g/mol. The standard InChI is InChI=1S/C20H19Cl2N5O2/c1-12(2)25-20(29)18-5-3-4-17(26-18)19(28)23-9-13-10-24-27(11-13)16-7-14(21)6-15(22)8-16/h3-8,10-12H,9H2,1-2H3,(H,23,28)(H,25,29). The second-order valence-corrected chi connectivity index (χ2v) is 7.51. The molecule has 2 aromatic heterocycles. The molecule has 3 aromatic rings. The van der Waals surface area contributed by atoms with Gasteiger partial charge < -0.3 is 10.6 Å². The molecule has 0 unspecified atom stereocenters. The van der Waals surface area contributed by atoms with Crippen LogP contribution in [0.1, 0.15) is 40.4 Å². The zero-order valence-electron chi connectivity index (χ0n) is 15.8. The molecule has 0 atom stereocenters. The first-order chi connectivity index (χ1) is 13.8. The summed E-state index contributed by atoms with van der Waals surface area (Å²) in [5.41, 5.74) is 1.85. The van der Waals surface area contributed by atoms with Crippen LogP contribution in [-0.4, -0.2) is 32.6 Å². The van der Waals surface area contributed by atoms with Crippen molar-refractivity contribution in [3.05, 3.63) is 75.8 Å². The van der Waals surface area contributed by atoms with E-state index in [4.69, 9.17) is 23.2 Å². The summed E-state index contributed by atoms with van der Waals surface area (Å²) in [6, 6.07) is 9.83. The fraction of sp³-hybridized carbons (Fsp3) is 0.200. The normalized spacial score (nSPS) is 10.8. The summed E-state index contributed by atoms with van der Waals surface area (Å²) in [6.07, 6.45) is 3.40. The van der Waals surface area contributed by atoms with E-state index in [1.807, 2.05) is 13.8 Å². The summed E-state index contributed by atoms with van der Waals surface area (Å²) in [7, 11) is 0. The highest BCUT2D eigenvalue weighted by Gasteiger charge is 2.13. The number of nitrogens with one attached hydrogen (secondary N) is 2. The van der Waals surface area contributed by atoms with Gasteiger partial charge in [-0.25, -0.2) is 9.67 Å². The van der Waals surface area contributed by atoms with E-state index >= 15 is 0 Å². The molecule has 0 radical (unpaired) electrons. The summed E-state index contributed by atoms with van der Waals surface area (Å²) in [5, 5.41) is 10.8. The van der Waals surface area contributed by atoms with Crippen molar-refractivity contribution in [1.82, 2.24) is 25.4 Å². The minimum atomic E-state index is -0.386. The van der Waals surface area contributed by atoms with Gasteiger partial charge in [0.2, 0.25) is 0 Å². The van der Waals surface area contributed by atoms with E-state index in [2.05, 4.69) is 20.7 Å². The van der Waals surface area contributed by atoms with Crippen molar-refractivity contribution >= 4 is 35.0 Å². The maximum atomic E-state index is 12.4. The Hall–Kier alpha value is -2.90. The van der Waals surface area contributed by atoms with Gasteiger partial charge in [0.15, 0.2) is 0 Å².